The van der Waals surface area contributed by atoms with Crippen LogP contribution in [0.2, 0.25) is 0 Å². The molecule has 0 radical (unpaired) electrons. The maximum atomic E-state index is 12.5. The van der Waals surface area contributed by atoms with Gasteiger partial charge in [0.15, 0.2) is 21.6 Å². The van der Waals surface area contributed by atoms with Gasteiger partial charge in [0.05, 0.1) is 22.9 Å². The van der Waals surface area contributed by atoms with Crippen LogP contribution in [0.1, 0.15) is 40.7 Å². The van der Waals surface area contributed by atoms with Crippen LogP contribution in [0.25, 0.3) is 5.69 Å². The third-order valence-corrected chi connectivity index (χ3v) is 6.54. The molecule has 29 heavy (non-hydrogen) atoms. The molecule has 1 saturated heterocycles. The average molecular weight is 420 g/mol. The van der Waals surface area contributed by atoms with Crippen LogP contribution >= 0.6 is 0 Å². The standard InChI is InChI=1S/C19H24N4O5S/c1-11-5-6-16(12(2)9-11)23-21-13(3)17(22-23)19(25)28-14(4)18(24)20-15-7-8-29(26,27)10-15/h5-6,9,14-15H,7-8,10H2,1-4H3,(H,20,24)/t14-,15+/m1/s1. The molecule has 3 rings (SSSR count). The Morgan fingerprint density at radius 2 is 1.97 bits per heavy atom. The van der Waals surface area contributed by atoms with Gasteiger partial charge in [-0.2, -0.15) is 9.90 Å². The molecule has 1 N–H and O–H groups in total. The van der Waals surface area contributed by atoms with Gasteiger partial charge in [0, 0.05) is 6.04 Å². The number of aryl methyl sites for hydroxylation is 3. The number of amides is 1. The minimum atomic E-state index is -3.11. The monoisotopic (exact) mass is 420 g/mol. The number of nitrogens with one attached hydrogen (secondary N) is 1. The summed E-state index contributed by atoms with van der Waals surface area (Å²) in [5.74, 6) is -1.35. The lowest BCUT2D eigenvalue weighted by Crippen LogP contribution is -2.42. The highest BCUT2D eigenvalue weighted by molar-refractivity contribution is 7.91. The second-order valence-corrected chi connectivity index (χ2v) is 9.60. The number of sulfone groups is 1. The summed E-state index contributed by atoms with van der Waals surface area (Å²) in [6, 6.07) is 5.32. The van der Waals surface area contributed by atoms with Gasteiger partial charge < -0.3 is 10.1 Å². The summed E-state index contributed by atoms with van der Waals surface area (Å²) in [5.41, 5.74) is 3.20. The molecule has 1 aliphatic heterocycles. The Balaban J connectivity index is 1.67. The number of benzene rings is 1. The summed E-state index contributed by atoms with van der Waals surface area (Å²) < 4.78 is 28.2. The Hall–Kier alpha value is -2.75. The average Bonchev–Trinajstić information content (AvgIpc) is 3.16. The van der Waals surface area contributed by atoms with Gasteiger partial charge in [-0.25, -0.2) is 13.2 Å². The quantitative estimate of drug-likeness (QED) is 0.718. The first kappa shape index (κ1) is 21.0. The Bertz CT molecular complexity index is 1060. The highest BCUT2D eigenvalue weighted by atomic mass is 32.2. The van der Waals surface area contributed by atoms with E-state index >= 15 is 0 Å². The van der Waals surface area contributed by atoms with Crippen LogP contribution in [0.15, 0.2) is 18.2 Å². The highest BCUT2D eigenvalue weighted by Gasteiger charge is 2.31. The minimum Gasteiger partial charge on any atom is -0.448 e. The summed E-state index contributed by atoms with van der Waals surface area (Å²) in [5, 5.41) is 11.1. The van der Waals surface area contributed by atoms with Crippen LogP contribution < -0.4 is 5.32 Å². The van der Waals surface area contributed by atoms with Gasteiger partial charge in [-0.05, 0) is 45.7 Å². The van der Waals surface area contributed by atoms with Crippen molar-refractivity contribution in [3.63, 3.8) is 0 Å². The first-order chi connectivity index (χ1) is 13.6. The smallest absolute Gasteiger partial charge is 0.361 e. The van der Waals surface area contributed by atoms with E-state index in [2.05, 4.69) is 15.5 Å². The zero-order valence-electron chi connectivity index (χ0n) is 16.8. The van der Waals surface area contributed by atoms with Gasteiger partial charge in [0.25, 0.3) is 5.91 Å². The van der Waals surface area contributed by atoms with E-state index in [-0.39, 0.29) is 17.2 Å². The Morgan fingerprint density at radius 3 is 2.59 bits per heavy atom. The maximum absolute atomic E-state index is 12.5. The molecule has 156 valence electrons. The summed E-state index contributed by atoms with van der Waals surface area (Å²) in [6.07, 6.45) is -0.727. The lowest BCUT2D eigenvalue weighted by molar-refractivity contribution is -0.129. The number of aromatic nitrogens is 3. The molecule has 2 aromatic rings. The third kappa shape index (κ3) is 4.81. The van der Waals surface area contributed by atoms with Gasteiger partial charge in [0.2, 0.25) is 0 Å². The third-order valence-electron chi connectivity index (χ3n) is 4.78. The Kier molecular flexibility index (Phi) is 5.74. The molecule has 2 heterocycles. The van der Waals surface area contributed by atoms with E-state index < -0.39 is 33.9 Å². The van der Waals surface area contributed by atoms with Crippen molar-refractivity contribution in [2.24, 2.45) is 0 Å². The van der Waals surface area contributed by atoms with Gasteiger partial charge in [-0.15, -0.1) is 5.10 Å². The summed E-state index contributed by atoms with van der Waals surface area (Å²) >= 11 is 0. The first-order valence-corrected chi connectivity index (χ1v) is 11.1. The predicted octanol–water partition coefficient (Wildman–Crippen LogP) is 1.04. The molecule has 1 aliphatic rings. The van der Waals surface area contributed by atoms with Crippen molar-refractivity contribution >= 4 is 21.7 Å². The van der Waals surface area contributed by atoms with Crippen molar-refractivity contribution in [3.05, 3.63) is 40.7 Å². The van der Waals surface area contributed by atoms with Gasteiger partial charge in [-0.3, -0.25) is 4.79 Å². The molecule has 2 atom stereocenters. The number of rotatable bonds is 5. The summed E-state index contributed by atoms with van der Waals surface area (Å²) in [6.45, 7) is 6.97. The van der Waals surface area contributed by atoms with Crippen molar-refractivity contribution < 1.29 is 22.7 Å². The molecule has 1 aromatic heterocycles. The molecule has 9 nitrogen and oxygen atoms in total. The number of ether oxygens (including phenoxy) is 1. The largest absolute Gasteiger partial charge is 0.448 e. The Morgan fingerprint density at radius 1 is 1.24 bits per heavy atom. The van der Waals surface area contributed by atoms with Crippen molar-refractivity contribution in [3.8, 4) is 5.69 Å². The number of nitrogens with zero attached hydrogens (tertiary/aromatic N) is 3. The first-order valence-electron chi connectivity index (χ1n) is 9.29. The SMILES string of the molecule is Cc1ccc(-n2nc(C)c(C(=O)O[C@H](C)C(=O)N[C@H]3CCS(=O)(=O)C3)n2)c(C)c1. The van der Waals surface area contributed by atoms with Crippen molar-refractivity contribution in [2.75, 3.05) is 11.5 Å². The fraction of sp³-hybridized carbons (Fsp3) is 0.474. The fourth-order valence-corrected chi connectivity index (χ4v) is 4.88. The second kappa shape index (κ2) is 7.94. The van der Waals surface area contributed by atoms with Crippen molar-refractivity contribution in [1.29, 1.82) is 0 Å². The molecule has 0 spiro atoms. The molecule has 0 saturated carbocycles. The second-order valence-electron chi connectivity index (χ2n) is 7.37. The lowest BCUT2D eigenvalue weighted by atomic mass is 10.1. The number of hydrogen-bond donors (Lipinski definition) is 1. The van der Waals surface area contributed by atoms with Crippen LogP contribution in [0, 0.1) is 20.8 Å². The van der Waals surface area contributed by atoms with E-state index in [1.165, 1.54) is 11.7 Å². The molecular formula is C19H24N4O5S. The molecule has 1 fully saturated rings. The number of hydrogen-bond acceptors (Lipinski definition) is 7. The van der Waals surface area contributed by atoms with Crippen molar-refractivity contribution in [2.45, 2.75) is 46.3 Å². The van der Waals surface area contributed by atoms with Crippen LogP contribution in [0.4, 0.5) is 0 Å². The molecular weight excluding hydrogens is 396 g/mol. The van der Waals surface area contributed by atoms with Crippen LogP contribution in [-0.4, -0.2) is 58.9 Å². The van der Waals surface area contributed by atoms with E-state index in [9.17, 15) is 18.0 Å². The molecule has 1 aromatic carbocycles. The normalized spacial score (nSPS) is 19.0. The van der Waals surface area contributed by atoms with E-state index in [1.54, 1.807) is 6.92 Å². The van der Waals surface area contributed by atoms with Crippen LogP contribution in [0.5, 0.6) is 0 Å². The number of carbonyl (C=O) groups excluding carboxylic acids is 2. The maximum Gasteiger partial charge on any atom is 0.361 e. The van der Waals surface area contributed by atoms with Gasteiger partial charge >= 0.3 is 5.97 Å². The van der Waals surface area contributed by atoms with E-state index in [0.717, 1.165) is 16.8 Å². The van der Waals surface area contributed by atoms with E-state index in [0.29, 0.717) is 12.1 Å². The molecule has 1 amide bonds. The topological polar surface area (TPSA) is 120 Å². The zero-order valence-corrected chi connectivity index (χ0v) is 17.6. The highest BCUT2D eigenvalue weighted by Crippen LogP contribution is 2.16. The summed E-state index contributed by atoms with van der Waals surface area (Å²) in [4.78, 5) is 26.1. The molecule has 0 aliphatic carbocycles. The van der Waals surface area contributed by atoms with Gasteiger partial charge in [0.1, 0.15) is 0 Å². The fourth-order valence-electron chi connectivity index (χ4n) is 3.20. The molecule has 0 unspecified atom stereocenters. The van der Waals surface area contributed by atoms with Gasteiger partial charge in [-0.1, -0.05) is 17.7 Å². The van der Waals surface area contributed by atoms with Crippen LogP contribution in [0.3, 0.4) is 0 Å². The minimum absolute atomic E-state index is 0.0214. The van der Waals surface area contributed by atoms with E-state index in [1.807, 2.05) is 32.0 Å². The summed E-state index contributed by atoms with van der Waals surface area (Å²) in [7, 11) is -3.11. The zero-order chi connectivity index (χ0) is 21.3. The predicted molar refractivity (Wildman–Crippen MR) is 106 cm³/mol. The van der Waals surface area contributed by atoms with Crippen molar-refractivity contribution in [1.82, 2.24) is 20.3 Å². The number of esters is 1. The van der Waals surface area contributed by atoms with E-state index in [4.69, 9.17) is 4.74 Å². The molecule has 10 heteroatoms. The Labute approximate surface area is 169 Å². The van der Waals surface area contributed by atoms with Crippen LogP contribution in [-0.2, 0) is 19.4 Å². The number of carbonyl (C=O) groups is 2. The molecule has 0 bridgehead atoms. The lowest BCUT2D eigenvalue weighted by Gasteiger charge is -2.16.